The number of aliphatic hydroxyl groups excluding tert-OH is 1. The van der Waals surface area contributed by atoms with Crippen molar-refractivity contribution in [3.63, 3.8) is 0 Å². The van der Waals surface area contributed by atoms with Gasteiger partial charge in [-0.25, -0.2) is 0 Å². The summed E-state index contributed by atoms with van der Waals surface area (Å²) in [5, 5.41) is 24.0. The Bertz CT molecular complexity index is 1060. The van der Waals surface area contributed by atoms with Crippen molar-refractivity contribution in [1.82, 2.24) is 5.32 Å². The smallest absolute Gasteiger partial charge is 0.251 e. The molecule has 0 saturated heterocycles. The Morgan fingerprint density at radius 2 is 1.67 bits per heavy atom. The number of nitrogens with zero attached hydrogens (tertiary/aromatic N) is 1. The van der Waals surface area contributed by atoms with Crippen LogP contribution in [0.3, 0.4) is 0 Å². The third-order valence-corrected chi connectivity index (χ3v) is 5.39. The molecule has 6 nitrogen and oxygen atoms in total. The second-order valence-electron chi connectivity index (χ2n) is 7.81. The van der Waals surface area contributed by atoms with E-state index in [2.05, 4.69) is 10.5 Å². The maximum Gasteiger partial charge on any atom is 0.251 e. The lowest BCUT2D eigenvalue weighted by Crippen LogP contribution is -2.26. The molecule has 3 aromatic rings. The number of aliphatic hydroxyl groups is 1. The molecule has 0 aromatic heterocycles. The summed E-state index contributed by atoms with van der Waals surface area (Å²) in [4.78, 5) is 12.0. The lowest BCUT2D eigenvalue weighted by atomic mass is 9.99. The van der Waals surface area contributed by atoms with Gasteiger partial charge in [0.2, 0.25) is 0 Å². The van der Waals surface area contributed by atoms with Crippen molar-refractivity contribution in [2.45, 2.75) is 32.8 Å². The van der Waals surface area contributed by atoms with Crippen molar-refractivity contribution < 1.29 is 19.8 Å². The van der Waals surface area contributed by atoms with Crippen LogP contribution in [0.4, 0.5) is 0 Å². The zero-order valence-corrected chi connectivity index (χ0v) is 18.8. The summed E-state index contributed by atoms with van der Waals surface area (Å²) in [6, 6.07) is 23.4. The summed E-state index contributed by atoms with van der Waals surface area (Å²) in [6.07, 6.45) is 2.56. The molecule has 0 atom stereocenters. The highest BCUT2D eigenvalue weighted by atomic mass is 16.5. The molecular formula is C27H30N2O4. The van der Waals surface area contributed by atoms with E-state index >= 15 is 0 Å². The molecule has 0 aliphatic carbocycles. The molecule has 6 heteroatoms. The Kier molecular flexibility index (Phi) is 9.03. The van der Waals surface area contributed by atoms with Gasteiger partial charge in [-0.1, -0.05) is 47.6 Å². The highest BCUT2D eigenvalue weighted by Gasteiger charge is 2.09. The number of carbonyl (C=O) groups excluding carboxylic acids is 1. The van der Waals surface area contributed by atoms with E-state index in [9.17, 15) is 4.79 Å². The number of hydrogen-bond acceptors (Lipinski definition) is 5. The lowest BCUT2D eigenvalue weighted by molar-refractivity contribution is 0.0944. The van der Waals surface area contributed by atoms with Gasteiger partial charge < -0.3 is 20.4 Å². The van der Waals surface area contributed by atoms with Crippen molar-refractivity contribution in [3.8, 4) is 5.75 Å². The first-order valence-electron chi connectivity index (χ1n) is 11.1. The molecule has 0 aliphatic heterocycles. The second kappa shape index (κ2) is 12.4. The molecular weight excluding hydrogens is 416 g/mol. The Morgan fingerprint density at radius 3 is 2.36 bits per heavy atom. The highest BCUT2D eigenvalue weighted by Crippen LogP contribution is 2.24. The fraction of sp³-hybridized carbons (Fsp3) is 0.259. The van der Waals surface area contributed by atoms with Gasteiger partial charge in [0, 0.05) is 12.1 Å². The van der Waals surface area contributed by atoms with Crippen LogP contribution in [0.5, 0.6) is 5.75 Å². The molecule has 0 unspecified atom stereocenters. The van der Waals surface area contributed by atoms with Gasteiger partial charge in [-0.05, 0) is 78.8 Å². The third kappa shape index (κ3) is 7.19. The molecule has 3 aromatic carbocycles. The molecule has 33 heavy (non-hydrogen) atoms. The summed E-state index contributed by atoms with van der Waals surface area (Å²) < 4.78 is 6.10. The summed E-state index contributed by atoms with van der Waals surface area (Å²) in [6.45, 7) is 2.42. The largest absolute Gasteiger partial charge is 0.489 e. The molecule has 0 saturated carbocycles. The maximum atomic E-state index is 12.0. The van der Waals surface area contributed by atoms with Gasteiger partial charge in [-0.15, -0.1) is 0 Å². The van der Waals surface area contributed by atoms with E-state index in [1.165, 1.54) is 0 Å². The number of hydrogen-bond donors (Lipinski definition) is 3. The number of ether oxygens (including phenoxy) is 1. The van der Waals surface area contributed by atoms with E-state index in [4.69, 9.17) is 15.1 Å². The van der Waals surface area contributed by atoms with Crippen LogP contribution in [0.2, 0.25) is 0 Å². The molecule has 3 rings (SSSR count). The average Bonchev–Trinajstić information content (AvgIpc) is 2.87. The molecule has 0 radical (unpaired) electrons. The number of rotatable bonds is 11. The first kappa shape index (κ1) is 24.0. The highest BCUT2D eigenvalue weighted by molar-refractivity contribution is 5.98. The minimum absolute atomic E-state index is 0.0776. The van der Waals surface area contributed by atoms with Gasteiger partial charge in [-0.3, -0.25) is 4.79 Å². The Morgan fingerprint density at radius 1 is 0.939 bits per heavy atom. The van der Waals surface area contributed by atoms with E-state index in [0.29, 0.717) is 17.9 Å². The minimum Gasteiger partial charge on any atom is -0.489 e. The van der Waals surface area contributed by atoms with E-state index in [1.54, 1.807) is 19.1 Å². The van der Waals surface area contributed by atoms with E-state index in [0.717, 1.165) is 47.3 Å². The quantitative estimate of drug-likeness (QED) is 0.232. The molecule has 1 amide bonds. The predicted octanol–water partition coefficient (Wildman–Crippen LogP) is 4.36. The molecule has 172 valence electrons. The zero-order chi connectivity index (χ0) is 23.5. The van der Waals surface area contributed by atoms with Gasteiger partial charge in [0.1, 0.15) is 12.4 Å². The van der Waals surface area contributed by atoms with Crippen LogP contribution in [-0.2, 0) is 19.4 Å². The first-order chi connectivity index (χ1) is 16.1. The van der Waals surface area contributed by atoms with Crippen LogP contribution in [0.15, 0.2) is 78.0 Å². The fourth-order valence-corrected chi connectivity index (χ4v) is 3.51. The molecule has 0 heterocycles. The van der Waals surface area contributed by atoms with Gasteiger partial charge in [0.15, 0.2) is 0 Å². The van der Waals surface area contributed by atoms with E-state index < -0.39 is 0 Å². The maximum absolute atomic E-state index is 12.0. The number of benzene rings is 3. The first-order valence-corrected chi connectivity index (χ1v) is 11.1. The fourth-order valence-electron chi connectivity index (χ4n) is 3.51. The average molecular weight is 447 g/mol. The molecule has 0 fully saturated rings. The minimum atomic E-state index is -0.187. The number of nitrogens with one attached hydrogen (secondary N) is 1. The number of oxime groups is 1. The normalized spacial score (nSPS) is 11.3. The third-order valence-electron chi connectivity index (χ3n) is 5.39. The number of aryl methyl sites for hydroxylation is 2. The Labute approximate surface area is 194 Å². The topological polar surface area (TPSA) is 91.2 Å². The van der Waals surface area contributed by atoms with Crippen molar-refractivity contribution >= 4 is 11.6 Å². The van der Waals surface area contributed by atoms with Crippen LogP contribution in [0.1, 0.15) is 46.0 Å². The predicted molar refractivity (Wildman–Crippen MR) is 129 cm³/mol. The van der Waals surface area contributed by atoms with Gasteiger partial charge in [0.25, 0.3) is 5.91 Å². The van der Waals surface area contributed by atoms with E-state index in [1.807, 2.05) is 60.7 Å². The monoisotopic (exact) mass is 446 g/mol. The summed E-state index contributed by atoms with van der Waals surface area (Å²) >= 11 is 0. The zero-order valence-electron chi connectivity index (χ0n) is 18.8. The van der Waals surface area contributed by atoms with Crippen molar-refractivity contribution in [2.75, 3.05) is 13.2 Å². The van der Waals surface area contributed by atoms with Crippen LogP contribution in [-0.4, -0.2) is 35.1 Å². The second-order valence-corrected chi connectivity index (χ2v) is 7.81. The lowest BCUT2D eigenvalue weighted by Gasteiger charge is -2.14. The molecule has 0 spiro atoms. The number of carbonyl (C=O) groups is 1. The standard InChI is InChI=1S/C27H30N2O4/c1-20(29-32)24-14-15-26(33-19-22-6-3-2-4-7-22)25(18-24)9-5-8-21-10-12-23(13-11-21)27(31)28-16-17-30/h2-4,6-7,10-15,18,30,32H,5,8-9,16-17,19H2,1H3,(H,28,31). The summed E-state index contributed by atoms with van der Waals surface area (Å²) in [5.74, 6) is 0.637. The van der Waals surface area contributed by atoms with Crippen molar-refractivity contribution in [1.29, 1.82) is 0 Å². The SMILES string of the molecule is CC(=NO)c1ccc(OCc2ccccc2)c(CCCc2ccc(C(=O)NCCO)cc2)c1. The van der Waals surface area contributed by atoms with Gasteiger partial charge in [0.05, 0.1) is 12.3 Å². The Hall–Kier alpha value is -3.64. The van der Waals surface area contributed by atoms with Gasteiger partial charge >= 0.3 is 0 Å². The van der Waals surface area contributed by atoms with E-state index in [-0.39, 0.29) is 19.1 Å². The molecule has 3 N–H and O–H groups in total. The number of amides is 1. The van der Waals surface area contributed by atoms with Crippen LogP contribution in [0, 0.1) is 0 Å². The van der Waals surface area contributed by atoms with Crippen LogP contribution >= 0.6 is 0 Å². The van der Waals surface area contributed by atoms with Crippen molar-refractivity contribution in [2.24, 2.45) is 5.16 Å². The Balaban J connectivity index is 1.64. The van der Waals surface area contributed by atoms with Crippen molar-refractivity contribution in [3.05, 3.63) is 101 Å². The van der Waals surface area contributed by atoms with Crippen LogP contribution < -0.4 is 10.1 Å². The van der Waals surface area contributed by atoms with Crippen LogP contribution in [0.25, 0.3) is 0 Å². The summed E-state index contributed by atoms with van der Waals surface area (Å²) in [7, 11) is 0. The molecule has 0 bridgehead atoms. The van der Waals surface area contributed by atoms with Gasteiger partial charge in [-0.2, -0.15) is 0 Å². The summed E-state index contributed by atoms with van der Waals surface area (Å²) in [5.41, 5.74) is 5.30. The molecule has 0 aliphatic rings.